The predicted octanol–water partition coefficient (Wildman–Crippen LogP) is 2.81. The van der Waals surface area contributed by atoms with E-state index in [9.17, 15) is 18.3 Å². The van der Waals surface area contributed by atoms with Crippen molar-refractivity contribution < 1.29 is 18.3 Å². The molecule has 0 spiro atoms. The fourth-order valence-corrected chi connectivity index (χ4v) is 4.77. The van der Waals surface area contributed by atoms with Crippen molar-refractivity contribution in [3.63, 3.8) is 0 Å². The van der Waals surface area contributed by atoms with Crippen molar-refractivity contribution in [2.45, 2.75) is 37.6 Å². The number of phenols is 1. The van der Waals surface area contributed by atoms with Crippen LogP contribution >= 0.6 is 0 Å². The van der Waals surface area contributed by atoms with Gasteiger partial charge in [0.1, 0.15) is 5.75 Å². The highest BCUT2D eigenvalue weighted by molar-refractivity contribution is 7.89. The Morgan fingerprint density at radius 3 is 2.59 bits per heavy atom. The van der Waals surface area contributed by atoms with E-state index >= 15 is 0 Å². The lowest BCUT2D eigenvalue weighted by Crippen LogP contribution is -2.35. The van der Waals surface area contributed by atoms with Crippen molar-refractivity contribution >= 4 is 15.9 Å². The number of carbonyl (C=O) groups excluding carboxylic acids is 1. The first-order valence-corrected chi connectivity index (χ1v) is 10.5. The van der Waals surface area contributed by atoms with Crippen molar-refractivity contribution in [1.82, 2.24) is 9.62 Å². The summed E-state index contributed by atoms with van der Waals surface area (Å²) >= 11 is 0. The molecule has 0 bridgehead atoms. The lowest BCUT2D eigenvalue weighted by Gasteiger charge is -2.26. The fourth-order valence-electron chi connectivity index (χ4n) is 3.18. The first-order valence-electron chi connectivity index (χ1n) is 9.05. The van der Waals surface area contributed by atoms with E-state index in [2.05, 4.69) is 5.32 Å². The number of phenolic OH excluding ortho intramolecular Hbond substituents is 1. The summed E-state index contributed by atoms with van der Waals surface area (Å²) in [6, 6.07) is 11.5. The number of carbonyl (C=O) groups is 1. The zero-order valence-electron chi connectivity index (χ0n) is 15.3. The third-order valence-electron chi connectivity index (χ3n) is 4.70. The maximum absolute atomic E-state index is 12.8. The van der Waals surface area contributed by atoms with Gasteiger partial charge in [-0.25, -0.2) is 8.42 Å². The van der Waals surface area contributed by atoms with Gasteiger partial charge in [-0.1, -0.05) is 30.2 Å². The largest absolute Gasteiger partial charge is 0.507 e. The number of rotatable bonds is 5. The molecule has 1 amide bonds. The fraction of sp³-hybridized carbons (Fsp3) is 0.350. The van der Waals surface area contributed by atoms with Gasteiger partial charge in [0.05, 0.1) is 10.5 Å². The van der Waals surface area contributed by atoms with E-state index in [1.807, 2.05) is 6.92 Å². The number of nitrogens with one attached hydrogen (secondary N) is 1. The van der Waals surface area contributed by atoms with Crippen LogP contribution in [0.3, 0.4) is 0 Å². The van der Waals surface area contributed by atoms with Gasteiger partial charge in [0, 0.05) is 19.6 Å². The first kappa shape index (κ1) is 19.4. The van der Waals surface area contributed by atoms with Crippen LogP contribution in [0.2, 0.25) is 0 Å². The average molecular weight is 388 g/mol. The van der Waals surface area contributed by atoms with Crippen molar-refractivity contribution in [2.24, 2.45) is 0 Å². The van der Waals surface area contributed by atoms with E-state index in [1.54, 1.807) is 36.4 Å². The minimum absolute atomic E-state index is 0.0838. The quantitative estimate of drug-likeness (QED) is 0.825. The Labute approximate surface area is 159 Å². The smallest absolute Gasteiger partial charge is 0.255 e. The maximum Gasteiger partial charge on any atom is 0.255 e. The highest BCUT2D eigenvalue weighted by Gasteiger charge is 2.26. The standard InChI is InChI=1S/C20H24N2O4S/c1-15-8-9-19(23)18(12-15)20(24)21-14-16-6-5-7-17(13-16)27(25,26)22-10-3-2-4-11-22/h5-9,12-13,23H,2-4,10-11,14H2,1H3,(H,21,24). The normalized spacial score (nSPS) is 15.4. The van der Waals surface area contributed by atoms with Crippen LogP contribution in [0, 0.1) is 6.92 Å². The van der Waals surface area contributed by atoms with Crippen LogP contribution in [0.25, 0.3) is 0 Å². The summed E-state index contributed by atoms with van der Waals surface area (Å²) < 4.78 is 27.1. The number of benzene rings is 2. The Kier molecular flexibility index (Phi) is 5.82. The third kappa shape index (κ3) is 4.48. The molecule has 2 aromatic carbocycles. The zero-order chi connectivity index (χ0) is 19.4. The second kappa shape index (κ2) is 8.10. The highest BCUT2D eigenvalue weighted by atomic mass is 32.2. The van der Waals surface area contributed by atoms with Gasteiger partial charge in [-0.05, 0) is 49.6 Å². The van der Waals surface area contributed by atoms with Gasteiger partial charge >= 0.3 is 0 Å². The average Bonchev–Trinajstić information content (AvgIpc) is 2.69. The lowest BCUT2D eigenvalue weighted by atomic mass is 10.1. The number of hydrogen-bond donors (Lipinski definition) is 2. The van der Waals surface area contributed by atoms with Gasteiger partial charge in [0.25, 0.3) is 5.91 Å². The van der Waals surface area contributed by atoms with Gasteiger partial charge < -0.3 is 10.4 Å². The molecule has 0 atom stereocenters. The number of nitrogens with zero attached hydrogens (tertiary/aromatic N) is 1. The summed E-state index contributed by atoms with van der Waals surface area (Å²) in [7, 11) is -3.51. The summed E-state index contributed by atoms with van der Waals surface area (Å²) in [5, 5.41) is 12.6. The summed E-state index contributed by atoms with van der Waals surface area (Å²) in [5.74, 6) is -0.486. The van der Waals surface area contributed by atoms with E-state index in [-0.39, 0.29) is 22.8 Å². The van der Waals surface area contributed by atoms with E-state index in [0.29, 0.717) is 18.7 Å². The third-order valence-corrected chi connectivity index (χ3v) is 6.60. The van der Waals surface area contributed by atoms with Gasteiger partial charge in [-0.3, -0.25) is 4.79 Å². The Morgan fingerprint density at radius 1 is 1.11 bits per heavy atom. The molecule has 6 nitrogen and oxygen atoms in total. The molecule has 0 saturated carbocycles. The Balaban J connectivity index is 1.72. The van der Waals surface area contributed by atoms with Crippen LogP contribution in [0.1, 0.15) is 40.7 Å². The number of aromatic hydroxyl groups is 1. The van der Waals surface area contributed by atoms with Gasteiger partial charge in [-0.15, -0.1) is 0 Å². The molecule has 1 fully saturated rings. The van der Waals surface area contributed by atoms with Crippen LogP contribution < -0.4 is 5.32 Å². The molecule has 0 radical (unpaired) electrons. The number of hydrogen-bond acceptors (Lipinski definition) is 4. The monoisotopic (exact) mass is 388 g/mol. The number of piperidine rings is 1. The lowest BCUT2D eigenvalue weighted by molar-refractivity contribution is 0.0948. The maximum atomic E-state index is 12.8. The van der Waals surface area contributed by atoms with Gasteiger partial charge in [0.2, 0.25) is 10.0 Å². The zero-order valence-corrected chi connectivity index (χ0v) is 16.1. The van der Waals surface area contributed by atoms with E-state index in [4.69, 9.17) is 0 Å². The van der Waals surface area contributed by atoms with Crippen LogP contribution in [0.4, 0.5) is 0 Å². The first-order chi connectivity index (χ1) is 12.9. The minimum Gasteiger partial charge on any atom is -0.507 e. The molecule has 3 rings (SSSR count). The number of sulfonamides is 1. The Morgan fingerprint density at radius 2 is 1.85 bits per heavy atom. The molecule has 0 unspecified atom stereocenters. The van der Waals surface area contributed by atoms with Crippen LogP contribution in [-0.4, -0.2) is 36.8 Å². The van der Waals surface area contributed by atoms with Crippen molar-refractivity contribution in [3.05, 3.63) is 59.2 Å². The van der Waals surface area contributed by atoms with Crippen molar-refractivity contribution in [2.75, 3.05) is 13.1 Å². The van der Waals surface area contributed by atoms with Gasteiger partial charge in [0.15, 0.2) is 0 Å². The van der Waals surface area contributed by atoms with Crippen molar-refractivity contribution in [1.29, 1.82) is 0 Å². The second-order valence-corrected chi connectivity index (χ2v) is 8.75. The summed E-state index contributed by atoms with van der Waals surface area (Å²) in [6.07, 6.45) is 2.83. The SMILES string of the molecule is Cc1ccc(O)c(C(=O)NCc2cccc(S(=O)(=O)N3CCCCC3)c2)c1. The predicted molar refractivity (Wildman–Crippen MR) is 103 cm³/mol. The van der Waals surface area contributed by atoms with Crippen LogP contribution in [-0.2, 0) is 16.6 Å². The molecule has 0 aromatic heterocycles. The molecule has 27 heavy (non-hydrogen) atoms. The summed E-state index contributed by atoms with van der Waals surface area (Å²) in [5.41, 5.74) is 1.76. The molecule has 2 aromatic rings. The molecule has 1 aliphatic heterocycles. The van der Waals surface area contributed by atoms with Gasteiger partial charge in [-0.2, -0.15) is 4.31 Å². The Bertz CT molecular complexity index is 935. The topological polar surface area (TPSA) is 86.7 Å². The molecular weight excluding hydrogens is 364 g/mol. The van der Waals surface area contributed by atoms with Crippen LogP contribution in [0.15, 0.2) is 47.4 Å². The molecule has 7 heteroatoms. The Hall–Kier alpha value is -2.38. The molecule has 144 valence electrons. The van der Waals surface area contributed by atoms with Crippen molar-refractivity contribution in [3.8, 4) is 5.75 Å². The molecule has 1 saturated heterocycles. The molecule has 0 aliphatic carbocycles. The summed E-state index contributed by atoms with van der Waals surface area (Å²) in [6.45, 7) is 3.12. The molecule has 1 aliphatic rings. The van der Waals surface area contributed by atoms with Crippen LogP contribution in [0.5, 0.6) is 5.75 Å². The highest BCUT2D eigenvalue weighted by Crippen LogP contribution is 2.22. The number of amides is 1. The van der Waals surface area contributed by atoms with E-state index in [0.717, 1.165) is 24.8 Å². The molecule has 2 N–H and O–H groups in total. The molecular formula is C20H24N2O4S. The summed E-state index contributed by atoms with van der Waals surface area (Å²) in [4.78, 5) is 12.6. The second-order valence-electron chi connectivity index (χ2n) is 6.82. The van der Waals surface area contributed by atoms with E-state index < -0.39 is 15.9 Å². The molecule has 1 heterocycles. The minimum atomic E-state index is -3.51. The number of aryl methyl sites for hydroxylation is 1. The van der Waals surface area contributed by atoms with E-state index in [1.165, 1.54) is 10.4 Å².